The number of hydrogen-bond acceptors (Lipinski definition) is 16. The van der Waals surface area contributed by atoms with E-state index >= 15 is 0 Å². The van der Waals surface area contributed by atoms with E-state index in [0.717, 1.165) is 14.2 Å². The average molecular weight is 771 g/mol. The SMILES string of the molecule is COC(=O)C(C)(C)COC(=O)[C@@H]1C(C)(C)[C@@]1(C(=O)OCC(C)(C)C(=O)OC)[C@@]1(C(=O)OCC(C)(C)C(=O)OC)[C@H](C(=O)OCC(C)(C)C(=O)OC)C1(C)C. The summed E-state index contributed by atoms with van der Waals surface area (Å²) in [5.41, 5.74) is -12.9. The van der Waals surface area contributed by atoms with Crippen molar-refractivity contribution in [3.05, 3.63) is 0 Å². The van der Waals surface area contributed by atoms with E-state index in [0.29, 0.717) is 0 Å². The maximum atomic E-state index is 14.9. The molecule has 0 radical (unpaired) electrons. The largest absolute Gasteiger partial charge is 0.469 e. The highest BCUT2D eigenvalue weighted by Crippen LogP contribution is 2.90. The molecule has 0 bridgehead atoms. The molecule has 0 aliphatic heterocycles. The molecular weight excluding hydrogens is 712 g/mol. The molecule has 0 aromatic rings. The molecule has 0 aromatic carbocycles. The minimum atomic E-state index is -2.23. The van der Waals surface area contributed by atoms with Gasteiger partial charge in [0.15, 0.2) is 0 Å². The van der Waals surface area contributed by atoms with Crippen LogP contribution in [0.25, 0.3) is 0 Å². The van der Waals surface area contributed by atoms with E-state index in [1.165, 1.54) is 97.3 Å². The summed E-state index contributed by atoms with van der Waals surface area (Å²) in [6.07, 6.45) is 0. The normalized spacial score (nSPS) is 24.1. The van der Waals surface area contributed by atoms with Crippen molar-refractivity contribution in [1.29, 1.82) is 0 Å². The first-order valence-electron chi connectivity index (χ1n) is 17.4. The second-order valence-corrected chi connectivity index (χ2v) is 17.8. The van der Waals surface area contributed by atoms with Gasteiger partial charge in [0.05, 0.1) is 61.9 Å². The van der Waals surface area contributed by atoms with Gasteiger partial charge in [0.25, 0.3) is 0 Å². The highest BCUT2D eigenvalue weighted by molar-refractivity contribution is 6.06. The number of carbonyl (C=O) groups is 8. The number of methoxy groups -OCH3 is 4. The quantitative estimate of drug-likeness (QED) is 0.154. The number of carbonyl (C=O) groups excluding carboxylic acids is 8. The molecule has 16 heteroatoms. The van der Waals surface area contributed by atoms with Gasteiger partial charge < -0.3 is 37.9 Å². The lowest BCUT2D eigenvalue weighted by atomic mass is 9.73. The fourth-order valence-electron chi connectivity index (χ4n) is 7.76. The van der Waals surface area contributed by atoms with E-state index in [1.54, 1.807) is 0 Å². The predicted molar refractivity (Wildman–Crippen MR) is 186 cm³/mol. The van der Waals surface area contributed by atoms with Gasteiger partial charge in [-0.3, -0.25) is 38.4 Å². The Labute approximate surface area is 316 Å². The van der Waals surface area contributed by atoms with Crippen LogP contribution in [0.2, 0.25) is 0 Å². The highest BCUT2D eigenvalue weighted by Gasteiger charge is 3.00. The first-order chi connectivity index (χ1) is 24.4. The third-order valence-electron chi connectivity index (χ3n) is 11.1. The van der Waals surface area contributed by atoms with Crippen molar-refractivity contribution in [3.8, 4) is 0 Å². The van der Waals surface area contributed by atoms with Crippen LogP contribution in [0.1, 0.15) is 83.1 Å². The Bertz CT molecular complexity index is 1440. The molecule has 0 amide bonds. The van der Waals surface area contributed by atoms with Crippen LogP contribution in [0, 0.1) is 55.2 Å². The minimum absolute atomic E-state index is 0.478. The van der Waals surface area contributed by atoms with Crippen molar-refractivity contribution in [2.24, 2.45) is 55.2 Å². The molecule has 54 heavy (non-hydrogen) atoms. The summed E-state index contributed by atoms with van der Waals surface area (Å²) in [5, 5.41) is 0. The Balaban J connectivity index is 2.88. The summed E-state index contributed by atoms with van der Waals surface area (Å²) in [6, 6.07) is 0. The monoisotopic (exact) mass is 770 g/mol. The van der Waals surface area contributed by atoms with Gasteiger partial charge in [-0.15, -0.1) is 0 Å². The van der Waals surface area contributed by atoms with Gasteiger partial charge in [-0.05, 0) is 66.2 Å². The molecular formula is C38H58O16. The first kappa shape index (κ1) is 45.9. The molecule has 0 aromatic heterocycles. The van der Waals surface area contributed by atoms with Crippen molar-refractivity contribution in [2.45, 2.75) is 83.1 Å². The van der Waals surface area contributed by atoms with Gasteiger partial charge in [-0.25, -0.2) is 0 Å². The lowest BCUT2D eigenvalue weighted by molar-refractivity contribution is -0.180. The summed E-state index contributed by atoms with van der Waals surface area (Å²) in [4.78, 5) is 108. The summed E-state index contributed by atoms with van der Waals surface area (Å²) in [5.74, 6) is -10.0. The molecule has 0 heterocycles. The Kier molecular flexibility index (Phi) is 12.9. The molecule has 16 nitrogen and oxygen atoms in total. The van der Waals surface area contributed by atoms with Gasteiger partial charge in [-0.1, -0.05) is 27.7 Å². The van der Waals surface area contributed by atoms with Crippen molar-refractivity contribution in [3.63, 3.8) is 0 Å². The van der Waals surface area contributed by atoms with Gasteiger partial charge in [0.2, 0.25) is 0 Å². The summed E-state index contributed by atoms with van der Waals surface area (Å²) >= 11 is 0. The topological polar surface area (TPSA) is 210 Å². The van der Waals surface area contributed by atoms with Crippen molar-refractivity contribution < 1.29 is 76.3 Å². The molecule has 4 atom stereocenters. The molecule has 2 aliphatic rings. The van der Waals surface area contributed by atoms with Crippen LogP contribution < -0.4 is 0 Å². The second-order valence-electron chi connectivity index (χ2n) is 17.8. The van der Waals surface area contributed by atoms with Crippen molar-refractivity contribution >= 4 is 47.8 Å². The molecule has 2 fully saturated rings. The van der Waals surface area contributed by atoms with E-state index in [9.17, 15) is 38.4 Å². The minimum Gasteiger partial charge on any atom is -0.469 e. The van der Waals surface area contributed by atoms with Crippen LogP contribution in [0.5, 0.6) is 0 Å². The average Bonchev–Trinajstić information content (AvgIpc) is 3.85. The molecule has 306 valence electrons. The summed E-state index contributed by atoms with van der Waals surface area (Å²) in [7, 11) is 4.66. The standard InChI is InChI=1S/C38H58O16/c1-31(2,25(41)47-13)17-51-23(39)21-35(9,10)37(21,29(45)53-19-33(5,6)27(43)49-15)38(30(46)54-20-34(7,8)28(44)50-16)22(36(38,11)12)24(40)52-18-32(3,4)26(42)48-14/h21-22H,17-20H2,1-16H3/t21-,22-,37-,38-/m1/s1. The molecule has 2 aliphatic carbocycles. The van der Waals surface area contributed by atoms with Gasteiger partial charge in [0.1, 0.15) is 37.3 Å². The lowest BCUT2D eigenvalue weighted by Gasteiger charge is -2.33. The second kappa shape index (κ2) is 15.1. The van der Waals surface area contributed by atoms with E-state index < -0.39 is 129 Å². The molecule has 0 unspecified atom stereocenters. The zero-order chi connectivity index (χ0) is 42.3. The summed E-state index contributed by atoms with van der Waals surface area (Å²) in [6.45, 7) is 15.7. The Morgan fingerprint density at radius 1 is 0.407 bits per heavy atom. The van der Waals surface area contributed by atoms with Crippen LogP contribution in [0.15, 0.2) is 0 Å². The van der Waals surface area contributed by atoms with Gasteiger partial charge in [-0.2, -0.15) is 0 Å². The van der Waals surface area contributed by atoms with E-state index in [2.05, 4.69) is 0 Å². The fourth-order valence-corrected chi connectivity index (χ4v) is 7.76. The Morgan fingerprint density at radius 2 is 0.611 bits per heavy atom. The molecule has 0 spiro atoms. The van der Waals surface area contributed by atoms with E-state index in [-0.39, 0.29) is 0 Å². The van der Waals surface area contributed by atoms with Crippen LogP contribution in [-0.2, 0) is 76.3 Å². The number of ether oxygens (including phenoxy) is 8. The van der Waals surface area contributed by atoms with Crippen LogP contribution >= 0.6 is 0 Å². The van der Waals surface area contributed by atoms with E-state index in [1.807, 2.05) is 0 Å². The van der Waals surface area contributed by atoms with E-state index in [4.69, 9.17) is 37.9 Å². The van der Waals surface area contributed by atoms with Crippen LogP contribution in [0.4, 0.5) is 0 Å². The number of rotatable bonds is 17. The molecule has 0 saturated heterocycles. The maximum absolute atomic E-state index is 14.9. The fraction of sp³-hybridized carbons (Fsp3) is 0.789. The zero-order valence-corrected chi connectivity index (χ0v) is 34.5. The Morgan fingerprint density at radius 3 is 0.815 bits per heavy atom. The summed E-state index contributed by atoms with van der Waals surface area (Å²) < 4.78 is 42.3. The number of hydrogen-bond donors (Lipinski definition) is 0. The van der Waals surface area contributed by atoms with Crippen LogP contribution in [-0.4, -0.2) is 103 Å². The Hall–Kier alpha value is -4.24. The lowest BCUT2D eigenvalue weighted by Crippen LogP contribution is -2.47. The molecule has 0 N–H and O–H groups in total. The van der Waals surface area contributed by atoms with Gasteiger partial charge >= 0.3 is 47.8 Å². The smallest absolute Gasteiger partial charge is 0.314 e. The highest BCUT2D eigenvalue weighted by atomic mass is 16.6. The molecule has 2 saturated carbocycles. The third kappa shape index (κ3) is 7.40. The maximum Gasteiger partial charge on any atom is 0.314 e. The van der Waals surface area contributed by atoms with Crippen molar-refractivity contribution in [2.75, 3.05) is 54.9 Å². The zero-order valence-electron chi connectivity index (χ0n) is 34.5. The van der Waals surface area contributed by atoms with Crippen LogP contribution in [0.3, 0.4) is 0 Å². The number of esters is 8. The molecule has 2 rings (SSSR count). The van der Waals surface area contributed by atoms with Crippen molar-refractivity contribution in [1.82, 2.24) is 0 Å². The first-order valence-corrected chi connectivity index (χ1v) is 17.4. The third-order valence-corrected chi connectivity index (χ3v) is 11.1. The van der Waals surface area contributed by atoms with Gasteiger partial charge in [0, 0.05) is 0 Å². The predicted octanol–water partition coefficient (Wildman–Crippen LogP) is 3.24.